The molecule has 0 aromatic carbocycles. The largest absolute Gasteiger partial charge is 0.463 e. The molecule has 0 aliphatic heterocycles. The van der Waals surface area contributed by atoms with Crippen LogP contribution in [0.15, 0.2) is 41.3 Å². The summed E-state index contributed by atoms with van der Waals surface area (Å²) in [5.41, 5.74) is 0.996. The maximum absolute atomic E-state index is 12.4. The maximum Gasteiger partial charge on any atom is 0.259 e. The van der Waals surface area contributed by atoms with E-state index in [0.717, 1.165) is 0 Å². The van der Waals surface area contributed by atoms with E-state index in [1.807, 2.05) is 26.8 Å². The molecule has 0 fully saturated rings. The van der Waals surface area contributed by atoms with Crippen LogP contribution >= 0.6 is 0 Å². The normalized spacial score (nSPS) is 11.7. The highest BCUT2D eigenvalue weighted by Crippen LogP contribution is 2.22. The van der Waals surface area contributed by atoms with Gasteiger partial charge in [-0.1, -0.05) is 0 Å². The third-order valence-electron chi connectivity index (χ3n) is 3.43. The van der Waals surface area contributed by atoms with Crippen molar-refractivity contribution in [2.24, 2.45) is 7.05 Å². The van der Waals surface area contributed by atoms with E-state index in [9.17, 15) is 4.79 Å². The third kappa shape index (κ3) is 3.03. The van der Waals surface area contributed by atoms with Crippen LogP contribution in [0, 0.1) is 0 Å². The van der Waals surface area contributed by atoms with Crippen LogP contribution in [0.5, 0.6) is 0 Å². The van der Waals surface area contributed by atoms with Crippen molar-refractivity contribution in [1.29, 1.82) is 0 Å². The van der Waals surface area contributed by atoms with E-state index < -0.39 is 0 Å². The Balaban J connectivity index is 1.79. The Morgan fingerprint density at radius 3 is 2.74 bits per heavy atom. The van der Waals surface area contributed by atoms with Crippen LogP contribution in [0.2, 0.25) is 0 Å². The standard InChI is InChI=1S/C16H19N5O2/c1-16(2,3)21-10-11(9-17-21)15(22)18-14-8-12(19-20(14)4)13-6-5-7-23-13/h5-10H,1-4H3,(H,18,22). The molecule has 1 N–H and O–H groups in total. The van der Waals surface area contributed by atoms with Gasteiger partial charge in [-0.25, -0.2) is 0 Å². The molecule has 7 heteroatoms. The summed E-state index contributed by atoms with van der Waals surface area (Å²) in [5, 5.41) is 11.4. The topological polar surface area (TPSA) is 77.9 Å². The van der Waals surface area contributed by atoms with Crippen molar-refractivity contribution in [3.05, 3.63) is 42.4 Å². The van der Waals surface area contributed by atoms with Crippen LogP contribution in [0.3, 0.4) is 0 Å². The van der Waals surface area contributed by atoms with Gasteiger partial charge in [-0.05, 0) is 32.9 Å². The smallest absolute Gasteiger partial charge is 0.259 e. The Bertz CT molecular complexity index is 821. The summed E-state index contributed by atoms with van der Waals surface area (Å²) >= 11 is 0. The van der Waals surface area contributed by atoms with Crippen LogP contribution in [0.25, 0.3) is 11.5 Å². The Kier molecular flexibility index (Phi) is 3.55. The van der Waals surface area contributed by atoms with Gasteiger partial charge in [0.25, 0.3) is 5.91 Å². The number of aromatic nitrogens is 4. The van der Waals surface area contributed by atoms with Crippen molar-refractivity contribution in [2.45, 2.75) is 26.3 Å². The lowest BCUT2D eigenvalue weighted by Crippen LogP contribution is -2.22. The molecule has 0 unspecified atom stereocenters. The highest BCUT2D eigenvalue weighted by atomic mass is 16.3. The number of anilines is 1. The zero-order valence-electron chi connectivity index (χ0n) is 13.6. The molecule has 3 rings (SSSR count). The van der Waals surface area contributed by atoms with Gasteiger partial charge in [0.1, 0.15) is 11.5 Å². The van der Waals surface area contributed by atoms with Gasteiger partial charge in [0.15, 0.2) is 5.76 Å². The average Bonchev–Trinajstić information content (AvgIpc) is 3.17. The lowest BCUT2D eigenvalue weighted by molar-refractivity contribution is 0.102. The van der Waals surface area contributed by atoms with Crippen molar-refractivity contribution >= 4 is 11.7 Å². The minimum Gasteiger partial charge on any atom is -0.463 e. The predicted octanol–water partition coefficient (Wildman–Crippen LogP) is 2.88. The molecule has 0 spiro atoms. The molecule has 0 radical (unpaired) electrons. The monoisotopic (exact) mass is 313 g/mol. The first-order valence-electron chi connectivity index (χ1n) is 7.29. The minimum atomic E-state index is -0.227. The molecule has 0 aliphatic rings. The molecule has 0 saturated heterocycles. The summed E-state index contributed by atoms with van der Waals surface area (Å²) < 4.78 is 8.68. The van der Waals surface area contributed by atoms with Gasteiger partial charge in [-0.15, -0.1) is 0 Å². The number of carbonyl (C=O) groups excluding carboxylic acids is 1. The second kappa shape index (κ2) is 5.42. The summed E-state index contributed by atoms with van der Waals surface area (Å²) in [7, 11) is 1.76. The molecule has 23 heavy (non-hydrogen) atoms. The van der Waals surface area contributed by atoms with Crippen molar-refractivity contribution < 1.29 is 9.21 Å². The first kappa shape index (κ1) is 15.1. The van der Waals surface area contributed by atoms with Crippen molar-refractivity contribution in [3.63, 3.8) is 0 Å². The number of hydrogen-bond acceptors (Lipinski definition) is 4. The molecule has 0 saturated carbocycles. The Morgan fingerprint density at radius 2 is 2.13 bits per heavy atom. The SMILES string of the molecule is Cn1nc(-c2ccco2)cc1NC(=O)c1cnn(C(C)(C)C)c1. The highest BCUT2D eigenvalue weighted by Gasteiger charge is 2.18. The summed E-state index contributed by atoms with van der Waals surface area (Å²) in [6.45, 7) is 6.08. The fraction of sp³-hybridized carbons (Fsp3) is 0.312. The van der Waals surface area contributed by atoms with Gasteiger partial charge in [0, 0.05) is 19.3 Å². The van der Waals surface area contributed by atoms with Crippen molar-refractivity contribution in [3.8, 4) is 11.5 Å². The Morgan fingerprint density at radius 1 is 1.35 bits per heavy atom. The molecular formula is C16H19N5O2. The molecule has 3 aromatic heterocycles. The molecule has 0 bridgehead atoms. The van der Waals surface area contributed by atoms with Gasteiger partial charge in [-0.3, -0.25) is 14.2 Å². The van der Waals surface area contributed by atoms with Crippen molar-refractivity contribution in [2.75, 3.05) is 5.32 Å². The number of carbonyl (C=O) groups is 1. The van der Waals surface area contributed by atoms with Crippen LogP contribution in [0.1, 0.15) is 31.1 Å². The first-order valence-corrected chi connectivity index (χ1v) is 7.29. The maximum atomic E-state index is 12.4. The van der Waals surface area contributed by atoms with Crippen LogP contribution in [-0.2, 0) is 12.6 Å². The number of rotatable bonds is 3. The second-order valence-corrected chi connectivity index (χ2v) is 6.31. The Hall–Kier alpha value is -2.83. The second-order valence-electron chi connectivity index (χ2n) is 6.31. The predicted molar refractivity (Wildman–Crippen MR) is 86.1 cm³/mol. The lowest BCUT2D eigenvalue weighted by Gasteiger charge is -2.18. The van der Waals surface area contributed by atoms with E-state index in [1.165, 1.54) is 0 Å². The van der Waals surface area contributed by atoms with Gasteiger partial charge >= 0.3 is 0 Å². The highest BCUT2D eigenvalue weighted by molar-refractivity contribution is 6.03. The van der Waals surface area contributed by atoms with E-state index in [-0.39, 0.29) is 11.4 Å². The molecule has 1 amide bonds. The number of hydrogen-bond donors (Lipinski definition) is 1. The number of furan rings is 1. The lowest BCUT2D eigenvalue weighted by atomic mass is 10.1. The van der Waals surface area contributed by atoms with Crippen LogP contribution in [-0.4, -0.2) is 25.5 Å². The number of amides is 1. The Labute approximate surface area is 133 Å². The van der Waals surface area contributed by atoms with Crippen molar-refractivity contribution in [1.82, 2.24) is 19.6 Å². The van der Waals surface area contributed by atoms with Gasteiger partial charge in [0.2, 0.25) is 0 Å². The minimum absolute atomic E-state index is 0.169. The van der Waals surface area contributed by atoms with E-state index in [2.05, 4.69) is 15.5 Å². The summed E-state index contributed by atoms with van der Waals surface area (Å²) in [4.78, 5) is 12.4. The molecule has 3 heterocycles. The average molecular weight is 313 g/mol. The van der Waals surface area contributed by atoms with Crippen LogP contribution in [0.4, 0.5) is 5.82 Å². The number of nitrogens with one attached hydrogen (secondary N) is 1. The fourth-order valence-electron chi connectivity index (χ4n) is 2.12. The molecule has 7 nitrogen and oxygen atoms in total. The molecule has 3 aromatic rings. The van der Waals surface area contributed by atoms with Gasteiger partial charge in [0.05, 0.1) is 23.6 Å². The number of aryl methyl sites for hydroxylation is 1. The van der Waals surface area contributed by atoms with E-state index in [0.29, 0.717) is 22.8 Å². The summed E-state index contributed by atoms with van der Waals surface area (Å²) in [5.74, 6) is 1.01. The van der Waals surface area contributed by atoms with E-state index in [4.69, 9.17) is 4.42 Å². The van der Waals surface area contributed by atoms with Gasteiger partial charge < -0.3 is 9.73 Å². The summed E-state index contributed by atoms with van der Waals surface area (Å²) in [6, 6.07) is 5.38. The fourth-order valence-corrected chi connectivity index (χ4v) is 2.12. The molecular weight excluding hydrogens is 294 g/mol. The quantitative estimate of drug-likeness (QED) is 0.806. The molecule has 120 valence electrons. The third-order valence-corrected chi connectivity index (χ3v) is 3.43. The molecule has 0 aliphatic carbocycles. The zero-order chi connectivity index (χ0) is 16.6. The van der Waals surface area contributed by atoms with Crippen LogP contribution < -0.4 is 5.32 Å². The number of nitrogens with zero attached hydrogens (tertiary/aromatic N) is 4. The van der Waals surface area contributed by atoms with E-state index in [1.54, 1.807) is 47.2 Å². The molecule has 0 atom stereocenters. The van der Waals surface area contributed by atoms with Gasteiger partial charge in [-0.2, -0.15) is 10.2 Å². The zero-order valence-corrected chi connectivity index (χ0v) is 13.6. The van der Waals surface area contributed by atoms with E-state index >= 15 is 0 Å². The first-order chi connectivity index (χ1) is 10.8. The summed E-state index contributed by atoms with van der Waals surface area (Å²) in [6.07, 6.45) is 4.88.